The first-order valence-electron chi connectivity index (χ1n) is 3.60. The van der Waals surface area contributed by atoms with Crippen LogP contribution < -0.4 is 5.32 Å². The van der Waals surface area contributed by atoms with Gasteiger partial charge in [-0.05, 0) is 15.9 Å². The minimum atomic E-state index is -0.145. The monoisotopic (exact) mass is 241 g/mol. The maximum atomic E-state index is 11.1. The lowest BCUT2D eigenvalue weighted by molar-refractivity contribution is -0.121. The molecule has 1 rings (SSSR count). The normalized spacial score (nSPS) is 9.23. The van der Waals surface area contributed by atoms with E-state index in [1.807, 2.05) is 0 Å². The van der Waals surface area contributed by atoms with Crippen LogP contribution in [0.4, 0.5) is 0 Å². The molecule has 0 aromatic carbocycles. The van der Waals surface area contributed by atoms with Crippen molar-refractivity contribution in [3.63, 3.8) is 0 Å². The zero-order chi connectivity index (χ0) is 9.68. The highest BCUT2D eigenvalue weighted by molar-refractivity contribution is 9.10. The first kappa shape index (κ1) is 9.81. The molecule has 0 unspecified atom stereocenters. The van der Waals surface area contributed by atoms with Gasteiger partial charge in [-0.25, -0.2) is 0 Å². The van der Waals surface area contributed by atoms with Crippen LogP contribution in [0.5, 0.6) is 0 Å². The summed E-state index contributed by atoms with van der Waals surface area (Å²) in [6.07, 6.45) is 8.32. The molecule has 0 spiro atoms. The topological polar surface area (TPSA) is 46.9 Å². The van der Waals surface area contributed by atoms with Crippen molar-refractivity contribution in [2.24, 2.45) is 0 Å². The standard InChI is InChI=1S/C8H8BrN3O/c1-2-3-10-8(13)6-12-5-7(9)4-11-12/h1,4-5H,3,6H2,(H,10,13). The van der Waals surface area contributed by atoms with Crippen LogP contribution in [0.2, 0.25) is 0 Å². The third kappa shape index (κ3) is 3.30. The quantitative estimate of drug-likeness (QED) is 0.779. The van der Waals surface area contributed by atoms with E-state index in [1.165, 1.54) is 4.68 Å². The number of aromatic nitrogens is 2. The Morgan fingerprint density at radius 3 is 3.15 bits per heavy atom. The Labute approximate surface area is 84.4 Å². The predicted octanol–water partition coefficient (Wildman–Crippen LogP) is 0.395. The highest BCUT2D eigenvalue weighted by Gasteiger charge is 2.01. The third-order valence-corrected chi connectivity index (χ3v) is 1.70. The van der Waals surface area contributed by atoms with Crippen molar-refractivity contribution in [3.05, 3.63) is 16.9 Å². The molecule has 1 aromatic heterocycles. The second-order valence-corrected chi connectivity index (χ2v) is 3.25. The van der Waals surface area contributed by atoms with E-state index in [4.69, 9.17) is 6.42 Å². The van der Waals surface area contributed by atoms with Gasteiger partial charge in [-0.3, -0.25) is 9.48 Å². The highest BCUT2D eigenvalue weighted by atomic mass is 79.9. The third-order valence-electron chi connectivity index (χ3n) is 1.29. The molecule has 1 aromatic rings. The largest absolute Gasteiger partial charge is 0.344 e. The van der Waals surface area contributed by atoms with Gasteiger partial charge in [0.15, 0.2) is 0 Å². The molecule has 0 aliphatic rings. The maximum Gasteiger partial charge on any atom is 0.242 e. The van der Waals surface area contributed by atoms with Gasteiger partial charge in [0.25, 0.3) is 0 Å². The van der Waals surface area contributed by atoms with Gasteiger partial charge >= 0.3 is 0 Å². The zero-order valence-electron chi connectivity index (χ0n) is 6.83. The molecule has 0 fully saturated rings. The number of hydrogen-bond donors (Lipinski definition) is 1. The molecular formula is C8H8BrN3O. The van der Waals surface area contributed by atoms with Crippen LogP contribution in [-0.4, -0.2) is 22.2 Å². The fraction of sp³-hybridized carbons (Fsp3) is 0.250. The van der Waals surface area contributed by atoms with Crippen LogP contribution in [0.3, 0.4) is 0 Å². The number of hydrogen-bond acceptors (Lipinski definition) is 2. The minimum absolute atomic E-state index is 0.145. The smallest absolute Gasteiger partial charge is 0.242 e. The second kappa shape index (κ2) is 4.67. The summed E-state index contributed by atoms with van der Waals surface area (Å²) in [5.74, 6) is 2.17. The van der Waals surface area contributed by atoms with Crippen molar-refractivity contribution in [3.8, 4) is 12.3 Å². The second-order valence-electron chi connectivity index (χ2n) is 2.34. The van der Waals surface area contributed by atoms with E-state index in [0.29, 0.717) is 0 Å². The summed E-state index contributed by atoms with van der Waals surface area (Å²) in [6.45, 7) is 0.439. The van der Waals surface area contributed by atoms with E-state index in [0.717, 1.165) is 4.47 Å². The summed E-state index contributed by atoms with van der Waals surface area (Å²) >= 11 is 3.23. The Kier molecular flexibility index (Phi) is 3.53. The molecule has 0 aliphatic carbocycles. The molecule has 1 heterocycles. The molecule has 13 heavy (non-hydrogen) atoms. The summed E-state index contributed by atoms with van der Waals surface area (Å²) in [5.41, 5.74) is 0. The molecule has 0 bridgehead atoms. The first-order valence-corrected chi connectivity index (χ1v) is 4.40. The van der Waals surface area contributed by atoms with Crippen molar-refractivity contribution in [1.82, 2.24) is 15.1 Å². The van der Waals surface area contributed by atoms with Gasteiger partial charge in [-0.1, -0.05) is 5.92 Å². The van der Waals surface area contributed by atoms with E-state index < -0.39 is 0 Å². The number of nitrogens with one attached hydrogen (secondary N) is 1. The Morgan fingerprint density at radius 2 is 2.62 bits per heavy atom. The number of halogens is 1. The van der Waals surface area contributed by atoms with Crippen molar-refractivity contribution in [2.75, 3.05) is 6.54 Å². The molecule has 68 valence electrons. The van der Waals surface area contributed by atoms with Crippen LogP contribution in [-0.2, 0) is 11.3 Å². The summed E-state index contributed by atoms with van der Waals surface area (Å²) in [7, 11) is 0. The highest BCUT2D eigenvalue weighted by Crippen LogP contribution is 2.05. The summed E-state index contributed by atoms with van der Waals surface area (Å²) in [6, 6.07) is 0. The van der Waals surface area contributed by atoms with Crippen molar-refractivity contribution in [2.45, 2.75) is 6.54 Å². The Hall–Kier alpha value is -1.28. The maximum absolute atomic E-state index is 11.1. The summed E-state index contributed by atoms with van der Waals surface area (Å²) < 4.78 is 2.37. The van der Waals surface area contributed by atoms with Crippen LogP contribution in [0, 0.1) is 12.3 Å². The average molecular weight is 242 g/mol. The van der Waals surface area contributed by atoms with Crippen LogP contribution in [0.1, 0.15) is 0 Å². The molecule has 4 nitrogen and oxygen atoms in total. The van der Waals surface area contributed by atoms with Crippen LogP contribution >= 0.6 is 15.9 Å². The van der Waals surface area contributed by atoms with Gasteiger partial charge < -0.3 is 5.32 Å². The Bertz CT molecular complexity index is 339. The van der Waals surface area contributed by atoms with E-state index in [1.54, 1.807) is 12.4 Å². The predicted molar refractivity (Wildman–Crippen MR) is 51.8 cm³/mol. The van der Waals surface area contributed by atoms with Gasteiger partial charge in [-0.15, -0.1) is 6.42 Å². The summed E-state index contributed by atoms with van der Waals surface area (Å²) in [5, 5.41) is 6.46. The lowest BCUT2D eigenvalue weighted by atomic mass is 10.5. The molecular weight excluding hydrogens is 234 g/mol. The number of amides is 1. The minimum Gasteiger partial charge on any atom is -0.344 e. The number of carbonyl (C=O) groups excluding carboxylic acids is 1. The van der Waals surface area contributed by atoms with E-state index >= 15 is 0 Å². The van der Waals surface area contributed by atoms with Crippen molar-refractivity contribution in [1.29, 1.82) is 0 Å². The lowest BCUT2D eigenvalue weighted by Gasteiger charge is -2.00. The van der Waals surface area contributed by atoms with Gasteiger partial charge in [0.2, 0.25) is 5.91 Å². The lowest BCUT2D eigenvalue weighted by Crippen LogP contribution is -2.27. The number of rotatable bonds is 3. The fourth-order valence-corrected chi connectivity index (χ4v) is 1.11. The molecule has 0 radical (unpaired) electrons. The van der Waals surface area contributed by atoms with Gasteiger partial charge in [0.1, 0.15) is 6.54 Å². The van der Waals surface area contributed by atoms with Crippen molar-refractivity contribution < 1.29 is 4.79 Å². The number of nitrogens with zero attached hydrogens (tertiary/aromatic N) is 2. The van der Waals surface area contributed by atoms with Crippen molar-refractivity contribution >= 4 is 21.8 Å². The van der Waals surface area contributed by atoms with E-state index in [-0.39, 0.29) is 19.0 Å². The summed E-state index contributed by atoms with van der Waals surface area (Å²) in [4.78, 5) is 11.1. The molecule has 0 atom stereocenters. The molecule has 0 aliphatic heterocycles. The molecule has 5 heteroatoms. The average Bonchev–Trinajstić information content (AvgIpc) is 2.48. The number of carbonyl (C=O) groups is 1. The van der Waals surface area contributed by atoms with Gasteiger partial charge in [-0.2, -0.15) is 5.10 Å². The van der Waals surface area contributed by atoms with E-state index in [2.05, 4.69) is 32.3 Å². The van der Waals surface area contributed by atoms with Crippen LogP contribution in [0.25, 0.3) is 0 Å². The van der Waals surface area contributed by atoms with Gasteiger partial charge in [0.05, 0.1) is 17.2 Å². The first-order chi connectivity index (χ1) is 6.22. The fourth-order valence-electron chi connectivity index (χ4n) is 0.777. The van der Waals surface area contributed by atoms with E-state index in [9.17, 15) is 4.79 Å². The Balaban J connectivity index is 2.41. The molecule has 0 saturated carbocycles. The SMILES string of the molecule is C#CCNC(=O)Cn1cc(Br)cn1. The molecule has 0 saturated heterocycles. The van der Waals surface area contributed by atoms with Crippen LogP contribution in [0.15, 0.2) is 16.9 Å². The molecule has 1 N–H and O–H groups in total. The van der Waals surface area contributed by atoms with Gasteiger partial charge in [0, 0.05) is 6.20 Å². The number of terminal acetylenes is 1. The Morgan fingerprint density at radius 1 is 1.85 bits per heavy atom. The zero-order valence-corrected chi connectivity index (χ0v) is 8.41. The molecule has 1 amide bonds.